The molecule has 29 heavy (non-hydrogen) atoms. The molecule has 2 aliphatic rings. The van der Waals surface area contributed by atoms with Crippen molar-refractivity contribution in [3.05, 3.63) is 36.8 Å². The number of rotatable bonds is 5. The van der Waals surface area contributed by atoms with Gasteiger partial charge in [0, 0.05) is 19.6 Å². The Labute approximate surface area is 167 Å². The third kappa shape index (κ3) is 3.43. The molecule has 3 aromatic rings. The summed E-state index contributed by atoms with van der Waals surface area (Å²) < 4.78 is 13.1. The first-order valence-electron chi connectivity index (χ1n) is 9.87. The Hall–Kier alpha value is -3.36. The Morgan fingerprint density at radius 1 is 1.17 bits per heavy atom. The van der Waals surface area contributed by atoms with Crippen molar-refractivity contribution < 1.29 is 14.3 Å². The summed E-state index contributed by atoms with van der Waals surface area (Å²) in [5, 5.41) is 8.29. The number of para-hydroxylation sites is 2. The summed E-state index contributed by atoms with van der Waals surface area (Å²) in [4.78, 5) is 23.6. The van der Waals surface area contributed by atoms with Gasteiger partial charge in [-0.2, -0.15) is 5.10 Å². The zero-order valence-electron chi connectivity index (χ0n) is 16.0. The smallest absolute Gasteiger partial charge is 0.264 e. The monoisotopic (exact) mass is 394 g/mol. The van der Waals surface area contributed by atoms with Gasteiger partial charge in [-0.1, -0.05) is 12.1 Å². The summed E-state index contributed by atoms with van der Waals surface area (Å²) in [6.45, 7) is 3.15. The van der Waals surface area contributed by atoms with E-state index in [0.29, 0.717) is 24.6 Å². The molecule has 0 radical (unpaired) electrons. The molecule has 0 bridgehead atoms. The number of fused-ring (bicyclic) bond motifs is 2. The first kappa shape index (κ1) is 17.7. The van der Waals surface area contributed by atoms with Gasteiger partial charge in [0.05, 0.1) is 18.1 Å². The van der Waals surface area contributed by atoms with E-state index in [4.69, 9.17) is 9.47 Å². The number of aromatic nitrogens is 4. The fourth-order valence-electron chi connectivity index (χ4n) is 3.77. The molecule has 150 valence electrons. The maximum absolute atomic E-state index is 12.4. The summed E-state index contributed by atoms with van der Waals surface area (Å²) in [5.41, 5.74) is 0.780. The highest BCUT2D eigenvalue weighted by Crippen LogP contribution is 2.31. The molecule has 5 rings (SSSR count). The van der Waals surface area contributed by atoms with Gasteiger partial charge in [-0.15, -0.1) is 0 Å². The molecule has 2 aromatic heterocycles. The quantitative estimate of drug-likeness (QED) is 0.699. The van der Waals surface area contributed by atoms with E-state index in [2.05, 4.69) is 25.3 Å². The zero-order chi connectivity index (χ0) is 19.6. The average molecular weight is 394 g/mol. The second-order valence-corrected chi connectivity index (χ2v) is 7.15. The van der Waals surface area contributed by atoms with E-state index in [1.807, 2.05) is 18.2 Å². The largest absolute Gasteiger partial charge is 0.485 e. The highest BCUT2D eigenvalue weighted by Gasteiger charge is 2.27. The zero-order valence-corrected chi connectivity index (χ0v) is 16.0. The van der Waals surface area contributed by atoms with Gasteiger partial charge in [0.15, 0.2) is 17.1 Å². The minimum Gasteiger partial charge on any atom is -0.485 e. The fourth-order valence-corrected chi connectivity index (χ4v) is 3.77. The van der Waals surface area contributed by atoms with Crippen LogP contribution in [0.15, 0.2) is 36.8 Å². The second kappa shape index (κ2) is 7.57. The predicted molar refractivity (Wildman–Crippen MR) is 106 cm³/mol. The Morgan fingerprint density at radius 3 is 2.86 bits per heavy atom. The molecular formula is C20H22N6O3. The Kier molecular flexibility index (Phi) is 4.63. The molecule has 0 aliphatic carbocycles. The van der Waals surface area contributed by atoms with Crippen molar-refractivity contribution in [3.63, 3.8) is 0 Å². The van der Waals surface area contributed by atoms with Crippen LogP contribution in [0.25, 0.3) is 11.0 Å². The Bertz CT molecular complexity index is 1030. The van der Waals surface area contributed by atoms with Crippen LogP contribution in [0.1, 0.15) is 12.8 Å². The normalized spacial score (nSPS) is 18.2. The molecule has 1 atom stereocenters. The van der Waals surface area contributed by atoms with Crippen LogP contribution >= 0.6 is 0 Å². The van der Waals surface area contributed by atoms with Gasteiger partial charge in [0.1, 0.15) is 18.8 Å². The van der Waals surface area contributed by atoms with Gasteiger partial charge in [-0.25, -0.2) is 14.6 Å². The lowest BCUT2D eigenvalue weighted by Crippen LogP contribution is -2.44. The minimum absolute atomic E-state index is 0.194. The lowest BCUT2D eigenvalue weighted by Gasteiger charge is -2.25. The Balaban J connectivity index is 1.21. The highest BCUT2D eigenvalue weighted by molar-refractivity contribution is 5.86. The summed E-state index contributed by atoms with van der Waals surface area (Å²) in [5.74, 6) is 1.98. The van der Waals surface area contributed by atoms with Gasteiger partial charge >= 0.3 is 0 Å². The van der Waals surface area contributed by atoms with E-state index < -0.39 is 6.10 Å². The molecule has 9 nitrogen and oxygen atoms in total. The molecule has 0 unspecified atom stereocenters. The third-order valence-corrected chi connectivity index (χ3v) is 5.24. The van der Waals surface area contributed by atoms with Crippen molar-refractivity contribution in [2.24, 2.45) is 0 Å². The van der Waals surface area contributed by atoms with Gasteiger partial charge < -0.3 is 19.7 Å². The van der Waals surface area contributed by atoms with E-state index in [9.17, 15) is 4.79 Å². The number of ether oxygens (including phenoxy) is 2. The minimum atomic E-state index is -0.664. The number of nitrogens with zero attached hydrogens (tertiary/aromatic N) is 5. The van der Waals surface area contributed by atoms with E-state index >= 15 is 0 Å². The number of anilines is 1. The molecule has 0 spiro atoms. The van der Waals surface area contributed by atoms with Crippen molar-refractivity contribution in [1.29, 1.82) is 0 Å². The van der Waals surface area contributed by atoms with Crippen LogP contribution in [0.4, 0.5) is 5.82 Å². The van der Waals surface area contributed by atoms with Crippen molar-refractivity contribution in [2.45, 2.75) is 25.5 Å². The van der Waals surface area contributed by atoms with E-state index in [1.165, 1.54) is 12.8 Å². The molecule has 2 aliphatic heterocycles. The fraction of sp³-hybridized carbons (Fsp3) is 0.400. The van der Waals surface area contributed by atoms with Gasteiger partial charge in [0.2, 0.25) is 6.10 Å². The topological polar surface area (TPSA) is 94.4 Å². The number of hydrogen-bond donors (Lipinski definition) is 1. The highest BCUT2D eigenvalue weighted by atomic mass is 16.6. The third-order valence-electron chi connectivity index (χ3n) is 5.24. The van der Waals surface area contributed by atoms with Crippen LogP contribution in [0.5, 0.6) is 11.5 Å². The van der Waals surface area contributed by atoms with Crippen LogP contribution in [-0.2, 0) is 11.3 Å². The van der Waals surface area contributed by atoms with Crippen LogP contribution in [0, 0.1) is 0 Å². The van der Waals surface area contributed by atoms with Crippen molar-refractivity contribution in [2.75, 3.05) is 31.1 Å². The molecule has 1 N–H and O–H groups in total. The molecule has 4 heterocycles. The van der Waals surface area contributed by atoms with Crippen LogP contribution < -0.4 is 19.7 Å². The standard InChI is InChI=1S/C20H22N6O3/c27-20(17-12-28-15-5-1-2-6-16(15)29-17)21-7-10-26-19-14(11-24-26)18(22-13-23-19)25-8-3-4-9-25/h1-2,5-6,11,13,17H,3-4,7-10,12H2,(H,21,27)/t17-/m1/s1. The summed E-state index contributed by atoms with van der Waals surface area (Å²) in [7, 11) is 0. The average Bonchev–Trinajstić information content (AvgIpc) is 3.43. The molecule has 9 heteroatoms. The van der Waals surface area contributed by atoms with Crippen molar-refractivity contribution >= 4 is 22.8 Å². The Morgan fingerprint density at radius 2 is 2.00 bits per heavy atom. The van der Waals surface area contributed by atoms with E-state index in [1.54, 1.807) is 23.3 Å². The van der Waals surface area contributed by atoms with E-state index in [-0.39, 0.29) is 12.5 Å². The molecule has 0 saturated carbocycles. The molecule has 1 amide bonds. The lowest BCUT2D eigenvalue weighted by atomic mass is 10.2. The number of hydrogen-bond acceptors (Lipinski definition) is 7. The van der Waals surface area contributed by atoms with Crippen LogP contribution in [0.3, 0.4) is 0 Å². The number of carbonyl (C=O) groups is 1. The van der Waals surface area contributed by atoms with E-state index in [0.717, 1.165) is 29.9 Å². The van der Waals surface area contributed by atoms with Crippen LogP contribution in [0.2, 0.25) is 0 Å². The molecule has 1 aromatic carbocycles. The maximum Gasteiger partial charge on any atom is 0.264 e. The number of carbonyl (C=O) groups excluding carboxylic acids is 1. The summed E-state index contributed by atoms with van der Waals surface area (Å²) >= 11 is 0. The molecule has 1 saturated heterocycles. The van der Waals surface area contributed by atoms with Crippen molar-refractivity contribution in [1.82, 2.24) is 25.1 Å². The SMILES string of the molecule is O=C(NCCn1ncc2c(N3CCCC3)ncnc21)[C@H]1COc2ccccc2O1. The molecule has 1 fully saturated rings. The number of benzene rings is 1. The van der Waals surface area contributed by atoms with Crippen LogP contribution in [-0.4, -0.2) is 58.0 Å². The number of nitrogens with one attached hydrogen (secondary N) is 1. The maximum atomic E-state index is 12.4. The molecular weight excluding hydrogens is 372 g/mol. The number of amides is 1. The van der Waals surface area contributed by atoms with Gasteiger partial charge in [-0.05, 0) is 25.0 Å². The van der Waals surface area contributed by atoms with Gasteiger partial charge in [-0.3, -0.25) is 4.79 Å². The lowest BCUT2D eigenvalue weighted by molar-refractivity contribution is -0.130. The summed E-state index contributed by atoms with van der Waals surface area (Å²) in [6.07, 6.45) is 5.09. The summed E-state index contributed by atoms with van der Waals surface area (Å²) in [6, 6.07) is 7.34. The first-order valence-corrected chi connectivity index (χ1v) is 9.87. The predicted octanol–water partition coefficient (Wildman–Crippen LogP) is 1.38. The van der Waals surface area contributed by atoms with Gasteiger partial charge in [0.25, 0.3) is 5.91 Å². The second-order valence-electron chi connectivity index (χ2n) is 7.15. The van der Waals surface area contributed by atoms with Crippen molar-refractivity contribution in [3.8, 4) is 11.5 Å². The first-order chi connectivity index (χ1) is 14.3.